The Hall–Kier alpha value is -1.43. The van der Waals surface area contributed by atoms with Crippen molar-refractivity contribution in [2.45, 2.75) is 0 Å². The Morgan fingerprint density at radius 2 is 0.720 bits per heavy atom. The average molecular weight is 388 g/mol. The van der Waals surface area contributed by atoms with E-state index < -0.39 is 14.7 Å². The van der Waals surface area contributed by atoms with E-state index in [2.05, 4.69) is 0 Å². The molecule has 0 bridgehead atoms. The van der Waals surface area contributed by atoms with Gasteiger partial charge < -0.3 is 9.79 Å². The van der Waals surface area contributed by atoms with Crippen LogP contribution in [0.4, 0.5) is 0 Å². The lowest BCUT2D eigenvalue weighted by molar-refractivity contribution is 0.499. The van der Waals surface area contributed by atoms with Crippen molar-refractivity contribution < 1.29 is 18.9 Å². The lowest BCUT2D eigenvalue weighted by Gasteiger charge is -2.15. The van der Waals surface area contributed by atoms with Gasteiger partial charge in [0, 0.05) is 21.2 Å². The SMILES string of the molecule is O=P(O)(c1ccccc1)c1ccc(P(=O)(O)c2ccccc2)cc1.[AlH3]. The molecule has 0 spiro atoms. The van der Waals surface area contributed by atoms with Gasteiger partial charge in [0.05, 0.1) is 0 Å². The fraction of sp³-hybridized carbons (Fsp3) is 0. The molecule has 3 rings (SSSR count). The summed E-state index contributed by atoms with van der Waals surface area (Å²) in [5.74, 6) is 0. The van der Waals surface area contributed by atoms with Gasteiger partial charge in [-0.05, 0) is 48.5 Å². The molecule has 2 N–H and O–H groups in total. The molecule has 0 aliphatic rings. The summed E-state index contributed by atoms with van der Waals surface area (Å²) in [5, 5.41) is 1.11. The molecule has 0 aliphatic carbocycles. The third-order valence-electron chi connectivity index (χ3n) is 3.76. The van der Waals surface area contributed by atoms with E-state index in [1.54, 1.807) is 60.7 Å². The van der Waals surface area contributed by atoms with Gasteiger partial charge in [-0.25, -0.2) is 0 Å². The third kappa shape index (κ3) is 4.05. The minimum Gasteiger partial charge on any atom is -0.338 e. The van der Waals surface area contributed by atoms with Crippen LogP contribution in [-0.4, -0.2) is 27.1 Å². The Labute approximate surface area is 157 Å². The fourth-order valence-corrected chi connectivity index (χ4v) is 5.27. The van der Waals surface area contributed by atoms with E-state index in [1.807, 2.05) is 0 Å². The molecule has 128 valence electrons. The molecule has 0 heterocycles. The van der Waals surface area contributed by atoms with E-state index in [1.165, 1.54) is 24.3 Å². The highest BCUT2D eigenvalue weighted by atomic mass is 31.2. The molecule has 0 fully saturated rings. The number of rotatable bonds is 4. The highest BCUT2D eigenvalue weighted by Crippen LogP contribution is 2.40. The van der Waals surface area contributed by atoms with Crippen LogP contribution in [0.2, 0.25) is 0 Å². The minimum atomic E-state index is -3.71. The zero-order valence-corrected chi connectivity index (χ0v) is 14.5. The van der Waals surface area contributed by atoms with Crippen LogP contribution in [0.15, 0.2) is 84.9 Å². The quantitative estimate of drug-likeness (QED) is 0.516. The van der Waals surface area contributed by atoms with E-state index in [0.29, 0.717) is 10.6 Å². The molecule has 3 aromatic carbocycles. The standard InChI is InChI=1S/C18H16O4P2.Al.3H/c19-23(20,15-7-3-1-4-8-15)17-11-13-18(14-12-17)24(21,22)16-9-5-2-6-10-16;;;;/h1-14H,(H,19,20)(H,21,22);;;;. The van der Waals surface area contributed by atoms with Crippen LogP contribution in [0.25, 0.3) is 0 Å². The molecule has 25 heavy (non-hydrogen) atoms. The largest absolute Gasteiger partial charge is 0.338 e. The molecule has 4 nitrogen and oxygen atoms in total. The summed E-state index contributed by atoms with van der Waals surface area (Å²) in [4.78, 5) is 20.8. The molecular formula is C18H19AlO4P2. The van der Waals surface area contributed by atoms with Crippen LogP contribution in [-0.2, 0) is 9.13 Å². The second-order valence-corrected chi connectivity index (χ2v) is 9.71. The third-order valence-corrected chi connectivity index (χ3v) is 7.75. The molecule has 2 atom stereocenters. The molecule has 3 aromatic rings. The first kappa shape index (κ1) is 19.9. The molecule has 0 aromatic heterocycles. The van der Waals surface area contributed by atoms with Crippen LogP contribution in [0.1, 0.15) is 0 Å². The van der Waals surface area contributed by atoms with Crippen molar-refractivity contribution in [1.29, 1.82) is 0 Å². The summed E-state index contributed by atoms with van der Waals surface area (Å²) in [6, 6.07) is 22.5. The predicted octanol–water partition coefficient (Wildman–Crippen LogP) is 0.945. The summed E-state index contributed by atoms with van der Waals surface area (Å²) >= 11 is 0. The Kier molecular flexibility index (Phi) is 6.25. The zero-order valence-electron chi connectivity index (χ0n) is 12.7. The molecule has 0 amide bonds. The van der Waals surface area contributed by atoms with Gasteiger partial charge in [0.15, 0.2) is 17.4 Å². The zero-order chi connectivity index (χ0) is 17.2. The normalized spacial score (nSPS) is 15.4. The first-order chi connectivity index (χ1) is 11.4. The molecule has 0 saturated carbocycles. The number of benzene rings is 3. The van der Waals surface area contributed by atoms with E-state index in [-0.39, 0.29) is 28.0 Å². The molecule has 7 heteroatoms. The Morgan fingerprint density at radius 1 is 0.480 bits per heavy atom. The first-order valence-corrected chi connectivity index (χ1v) is 10.6. The van der Waals surface area contributed by atoms with Gasteiger partial charge in [0.25, 0.3) is 14.7 Å². The van der Waals surface area contributed by atoms with E-state index in [4.69, 9.17) is 0 Å². The molecule has 0 radical (unpaired) electrons. The van der Waals surface area contributed by atoms with Crippen molar-refractivity contribution in [3.63, 3.8) is 0 Å². The van der Waals surface area contributed by atoms with Crippen molar-refractivity contribution in [3.8, 4) is 0 Å². The van der Waals surface area contributed by atoms with Gasteiger partial charge in [0.2, 0.25) is 0 Å². The lowest BCUT2D eigenvalue weighted by Crippen LogP contribution is -2.20. The Bertz CT molecular complexity index is 850. The second-order valence-electron chi connectivity index (χ2n) is 5.34. The topological polar surface area (TPSA) is 74.6 Å². The van der Waals surface area contributed by atoms with Crippen LogP contribution < -0.4 is 21.2 Å². The van der Waals surface area contributed by atoms with E-state index in [9.17, 15) is 18.9 Å². The summed E-state index contributed by atoms with van der Waals surface area (Å²) < 4.78 is 25.3. The van der Waals surface area contributed by atoms with Crippen molar-refractivity contribution >= 4 is 53.3 Å². The lowest BCUT2D eigenvalue weighted by atomic mass is 10.4. The van der Waals surface area contributed by atoms with Gasteiger partial charge >= 0.3 is 0 Å². The smallest absolute Gasteiger partial charge is 0.258 e. The van der Waals surface area contributed by atoms with Crippen LogP contribution in [0.3, 0.4) is 0 Å². The Morgan fingerprint density at radius 3 is 1.00 bits per heavy atom. The van der Waals surface area contributed by atoms with Crippen molar-refractivity contribution in [2.75, 3.05) is 0 Å². The van der Waals surface area contributed by atoms with Crippen LogP contribution in [0, 0.1) is 0 Å². The van der Waals surface area contributed by atoms with Crippen LogP contribution in [0.5, 0.6) is 0 Å². The van der Waals surface area contributed by atoms with Gasteiger partial charge in [0.1, 0.15) is 0 Å². The van der Waals surface area contributed by atoms with Crippen molar-refractivity contribution in [1.82, 2.24) is 0 Å². The van der Waals surface area contributed by atoms with Crippen molar-refractivity contribution in [3.05, 3.63) is 84.9 Å². The van der Waals surface area contributed by atoms with Gasteiger partial charge in [-0.1, -0.05) is 36.4 Å². The summed E-state index contributed by atoms with van der Waals surface area (Å²) in [6.45, 7) is 0. The summed E-state index contributed by atoms with van der Waals surface area (Å²) in [5.41, 5.74) is 0. The highest BCUT2D eigenvalue weighted by molar-refractivity contribution is 7.74. The fourth-order valence-electron chi connectivity index (χ4n) is 2.42. The Balaban J connectivity index is 0.00000225. The monoisotopic (exact) mass is 388 g/mol. The highest BCUT2D eigenvalue weighted by Gasteiger charge is 2.27. The molecular weight excluding hydrogens is 369 g/mol. The number of hydrogen-bond acceptors (Lipinski definition) is 2. The average Bonchev–Trinajstić information content (AvgIpc) is 2.63. The maximum absolute atomic E-state index is 12.7. The summed E-state index contributed by atoms with van der Waals surface area (Å²) in [7, 11) is -7.43. The molecule has 0 aliphatic heterocycles. The molecule has 0 saturated heterocycles. The van der Waals surface area contributed by atoms with E-state index >= 15 is 0 Å². The first-order valence-electron chi connectivity index (χ1n) is 7.30. The minimum absolute atomic E-state index is 0. The van der Waals surface area contributed by atoms with Crippen molar-refractivity contribution in [2.24, 2.45) is 0 Å². The van der Waals surface area contributed by atoms with Gasteiger partial charge in [-0.3, -0.25) is 9.13 Å². The number of hydrogen-bond donors (Lipinski definition) is 2. The maximum Gasteiger partial charge on any atom is 0.258 e. The van der Waals surface area contributed by atoms with Crippen LogP contribution >= 0.6 is 14.7 Å². The van der Waals surface area contributed by atoms with Gasteiger partial charge in [-0.2, -0.15) is 0 Å². The summed E-state index contributed by atoms with van der Waals surface area (Å²) in [6.07, 6.45) is 0. The maximum atomic E-state index is 12.7. The van der Waals surface area contributed by atoms with E-state index in [0.717, 1.165) is 0 Å². The molecule has 2 unspecified atom stereocenters. The van der Waals surface area contributed by atoms with Gasteiger partial charge in [-0.15, -0.1) is 0 Å². The predicted molar refractivity (Wildman–Crippen MR) is 107 cm³/mol. The second kappa shape index (κ2) is 7.85.